The summed E-state index contributed by atoms with van der Waals surface area (Å²) < 4.78 is 0. The van der Waals surface area contributed by atoms with Gasteiger partial charge in [-0.3, -0.25) is 14.6 Å². The van der Waals surface area contributed by atoms with E-state index in [0.717, 1.165) is 44.0 Å². The predicted octanol–water partition coefficient (Wildman–Crippen LogP) is 1.74. The maximum atomic E-state index is 11.9. The van der Waals surface area contributed by atoms with Crippen molar-refractivity contribution in [1.29, 1.82) is 0 Å². The topological polar surface area (TPSA) is 52.2 Å². The predicted molar refractivity (Wildman–Crippen MR) is 92.2 cm³/mol. The molecule has 1 aromatic heterocycles. The van der Waals surface area contributed by atoms with Crippen LogP contribution in [0.5, 0.6) is 0 Å². The van der Waals surface area contributed by atoms with Crippen LogP contribution in [-0.4, -0.2) is 52.5 Å². The molecule has 0 bridgehead atoms. The van der Waals surface area contributed by atoms with Gasteiger partial charge < -0.3 is 4.98 Å². The zero-order valence-corrected chi connectivity index (χ0v) is 13.2. The minimum Gasteiger partial charge on any atom is -0.307 e. The van der Waals surface area contributed by atoms with Crippen molar-refractivity contribution >= 4 is 0 Å². The monoisotopic (exact) mass is 310 g/mol. The summed E-state index contributed by atoms with van der Waals surface area (Å²) in [5, 5.41) is 0. The molecule has 3 rings (SSSR count). The van der Waals surface area contributed by atoms with Gasteiger partial charge >= 0.3 is 0 Å². The quantitative estimate of drug-likeness (QED) is 0.855. The molecular weight excluding hydrogens is 288 g/mol. The van der Waals surface area contributed by atoms with Crippen molar-refractivity contribution in [3.63, 3.8) is 0 Å². The maximum Gasteiger partial charge on any atom is 0.251 e. The van der Waals surface area contributed by atoms with Crippen LogP contribution in [0.25, 0.3) is 11.4 Å². The Bertz CT molecular complexity index is 702. The van der Waals surface area contributed by atoms with E-state index < -0.39 is 0 Å². The van der Waals surface area contributed by atoms with Gasteiger partial charge in [0.1, 0.15) is 5.82 Å². The second kappa shape index (κ2) is 7.35. The summed E-state index contributed by atoms with van der Waals surface area (Å²) in [6.45, 7) is 9.48. The van der Waals surface area contributed by atoms with Crippen LogP contribution >= 0.6 is 0 Å². The number of aromatic amines is 1. The molecule has 5 nitrogen and oxygen atoms in total. The fraction of sp³-hybridized carbons (Fsp3) is 0.333. The average molecular weight is 310 g/mol. The van der Waals surface area contributed by atoms with Gasteiger partial charge in [0.25, 0.3) is 5.56 Å². The molecule has 0 saturated carbocycles. The molecule has 1 aliphatic rings. The molecule has 0 spiro atoms. The van der Waals surface area contributed by atoms with Crippen LogP contribution < -0.4 is 5.56 Å². The molecule has 23 heavy (non-hydrogen) atoms. The Kier molecular flexibility index (Phi) is 5.00. The first-order valence-corrected chi connectivity index (χ1v) is 7.96. The van der Waals surface area contributed by atoms with Crippen LogP contribution in [0.3, 0.4) is 0 Å². The minimum atomic E-state index is -0.0980. The summed E-state index contributed by atoms with van der Waals surface area (Å²) in [6, 6.07) is 11.4. The molecule has 120 valence electrons. The van der Waals surface area contributed by atoms with E-state index in [4.69, 9.17) is 0 Å². The summed E-state index contributed by atoms with van der Waals surface area (Å²) in [6.07, 6.45) is 1.94. The summed E-state index contributed by atoms with van der Waals surface area (Å²) in [5.41, 5.74) is 1.66. The van der Waals surface area contributed by atoms with E-state index in [1.807, 2.05) is 36.4 Å². The molecule has 0 radical (unpaired) electrons. The van der Waals surface area contributed by atoms with Crippen molar-refractivity contribution in [2.75, 3.05) is 32.7 Å². The molecule has 1 saturated heterocycles. The zero-order valence-electron chi connectivity index (χ0n) is 13.2. The highest BCUT2D eigenvalue weighted by Gasteiger charge is 2.16. The number of H-pyrrole nitrogens is 1. The first kappa shape index (κ1) is 15.6. The minimum absolute atomic E-state index is 0.0980. The molecule has 1 fully saturated rings. The molecule has 1 N–H and O–H groups in total. The fourth-order valence-electron chi connectivity index (χ4n) is 2.86. The molecule has 2 heterocycles. The lowest BCUT2D eigenvalue weighted by Crippen LogP contribution is -2.45. The van der Waals surface area contributed by atoms with Crippen molar-refractivity contribution in [2.45, 2.75) is 6.54 Å². The first-order chi connectivity index (χ1) is 11.2. The highest BCUT2D eigenvalue weighted by molar-refractivity contribution is 5.54. The Hall–Kier alpha value is -2.24. The van der Waals surface area contributed by atoms with Crippen LogP contribution in [0.2, 0.25) is 0 Å². The van der Waals surface area contributed by atoms with E-state index >= 15 is 0 Å². The lowest BCUT2D eigenvalue weighted by Gasteiger charge is -2.33. The van der Waals surface area contributed by atoms with Crippen molar-refractivity contribution < 1.29 is 0 Å². The maximum absolute atomic E-state index is 11.9. The third-order valence-electron chi connectivity index (χ3n) is 4.08. The number of nitrogens with one attached hydrogen (secondary N) is 1. The molecule has 0 atom stereocenters. The summed E-state index contributed by atoms with van der Waals surface area (Å²) in [7, 11) is 0. The second-order valence-electron chi connectivity index (χ2n) is 5.82. The Balaban J connectivity index is 1.70. The third-order valence-corrected chi connectivity index (χ3v) is 4.08. The second-order valence-corrected chi connectivity index (χ2v) is 5.82. The van der Waals surface area contributed by atoms with Crippen LogP contribution in [0, 0.1) is 0 Å². The van der Waals surface area contributed by atoms with Gasteiger partial charge in [-0.25, -0.2) is 4.98 Å². The van der Waals surface area contributed by atoms with E-state index in [-0.39, 0.29) is 5.56 Å². The number of nitrogens with zero attached hydrogens (tertiary/aromatic N) is 3. The summed E-state index contributed by atoms with van der Waals surface area (Å²) in [4.78, 5) is 24.1. The third kappa shape index (κ3) is 4.15. The first-order valence-electron chi connectivity index (χ1n) is 7.96. The van der Waals surface area contributed by atoms with Crippen LogP contribution in [-0.2, 0) is 6.54 Å². The highest BCUT2D eigenvalue weighted by atomic mass is 16.1. The van der Waals surface area contributed by atoms with Crippen molar-refractivity contribution in [2.24, 2.45) is 0 Å². The van der Waals surface area contributed by atoms with E-state index in [9.17, 15) is 4.79 Å². The van der Waals surface area contributed by atoms with E-state index in [1.54, 1.807) is 6.07 Å². The summed E-state index contributed by atoms with van der Waals surface area (Å²) in [5.74, 6) is 0.637. The van der Waals surface area contributed by atoms with E-state index in [0.29, 0.717) is 12.4 Å². The van der Waals surface area contributed by atoms with Crippen molar-refractivity contribution in [3.05, 3.63) is 65.1 Å². The number of rotatable bonds is 5. The SMILES string of the molecule is C=CCN1CCN(Cc2cc(=O)[nH]c(-c3ccccc3)n2)CC1. The molecule has 5 heteroatoms. The number of piperazine rings is 1. The molecule has 2 aromatic rings. The standard InChI is InChI=1S/C18H22N4O/c1-2-8-21-9-11-22(12-10-21)14-16-13-17(23)20-18(19-16)15-6-4-3-5-7-15/h2-7,13H,1,8-12,14H2,(H,19,20,23). The van der Waals surface area contributed by atoms with Crippen LogP contribution in [0.1, 0.15) is 5.69 Å². The molecule has 0 aliphatic carbocycles. The fourth-order valence-corrected chi connectivity index (χ4v) is 2.86. The van der Waals surface area contributed by atoms with Gasteiger partial charge in [0.05, 0.1) is 5.69 Å². The number of hydrogen-bond donors (Lipinski definition) is 1. The molecular formula is C18H22N4O. The Morgan fingerprint density at radius 3 is 2.52 bits per heavy atom. The Labute approximate surface area is 136 Å². The molecule has 1 aromatic carbocycles. The molecule has 0 amide bonds. The van der Waals surface area contributed by atoms with Crippen molar-refractivity contribution in [1.82, 2.24) is 19.8 Å². The van der Waals surface area contributed by atoms with Gasteiger partial charge in [-0.1, -0.05) is 36.4 Å². The smallest absolute Gasteiger partial charge is 0.251 e. The average Bonchev–Trinajstić information content (AvgIpc) is 2.57. The Morgan fingerprint density at radius 2 is 1.83 bits per heavy atom. The van der Waals surface area contributed by atoms with Gasteiger partial charge in [0.15, 0.2) is 0 Å². The summed E-state index contributed by atoms with van der Waals surface area (Å²) >= 11 is 0. The molecule has 0 unspecified atom stereocenters. The number of aromatic nitrogens is 2. The largest absolute Gasteiger partial charge is 0.307 e. The van der Waals surface area contributed by atoms with Gasteiger partial charge in [-0.2, -0.15) is 0 Å². The highest BCUT2D eigenvalue weighted by Crippen LogP contribution is 2.13. The van der Waals surface area contributed by atoms with Crippen LogP contribution in [0.15, 0.2) is 53.8 Å². The van der Waals surface area contributed by atoms with Crippen molar-refractivity contribution in [3.8, 4) is 11.4 Å². The Morgan fingerprint density at radius 1 is 1.13 bits per heavy atom. The van der Waals surface area contributed by atoms with Crippen LogP contribution in [0.4, 0.5) is 0 Å². The lowest BCUT2D eigenvalue weighted by atomic mass is 10.2. The van der Waals surface area contributed by atoms with Gasteiger partial charge in [0.2, 0.25) is 0 Å². The van der Waals surface area contributed by atoms with Gasteiger partial charge in [0, 0.05) is 50.9 Å². The number of hydrogen-bond acceptors (Lipinski definition) is 4. The van der Waals surface area contributed by atoms with Gasteiger partial charge in [-0.05, 0) is 0 Å². The molecule has 1 aliphatic heterocycles. The zero-order chi connectivity index (χ0) is 16.1. The number of benzene rings is 1. The van der Waals surface area contributed by atoms with Gasteiger partial charge in [-0.15, -0.1) is 6.58 Å². The lowest BCUT2D eigenvalue weighted by molar-refractivity contribution is 0.136. The van der Waals surface area contributed by atoms with E-state index in [1.165, 1.54) is 0 Å². The van der Waals surface area contributed by atoms with E-state index in [2.05, 4.69) is 26.3 Å². The normalized spacial score (nSPS) is 16.3.